The quantitative estimate of drug-likeness (QED) is 0.307. The van der Waals surface area contributed by atoms with Crippen molar-refractivity contribution >= 4 is 40.2 Å². The van der Waals surface area contributed by atoms with Crippen LogP contribution in [0.5, 0.6) is 0 Å². The number of para-hydroxylation sites is 1. The molecule has 0 saturated carbocycles. The number of hydrogen-bond acceptors (Lipinski definition) is 4. The van der Waals surface area contributed by atoms with Gasteiger partial charge in [0.15, 0.2) is 5.16 Å². The van der Waals surface area contributed by atoms with Crippen LogP contribution in [0.1, 0.15) is 11.1 Å². The highest BCUT2D eigenvalue weighted by Crippen LogP contribution is 2.19. The molecule has 0 fully saturated rings. The Morgan fingerprint density at radius 2 is 1.66 bits per heavy atom. The zero-order valence-electron chi connectivity index (χ0n) is 17.3. The van der Waals surface area contributed by atoms with E-state index >= 15 is 0 Å². The Kier molecular flexibility index (Phi) is 7.24. The van der Waals surface area contributed by atoms with Crippen molar-refractivity contribution in [2.45, 2.75) is 18.1 Å². The highest BCUT2D eigenvalue weighted by Gasteiger charge is 2.13. The van der Waals surface area contributed by atoms with Gasteiger partial charge in [0.25, 0.3) is 5.56 Å². The molecule has 5 nitrogen and oxygen atoms in total. The molecule has 0 radical (unpaired) electrons. The predicted molar refractivity (Wildman–Crippen MR) is 130 cm³/mol. The number of carbonyl (C=O) groups is 1. The minimum absolute atomic E-state index is 0.0994. The van der Waals surface area contributed by atoms with E-state index in [0.29, 0.717) is 34.2 Å². The van der Waals surface area contributed by atoms with Gasteiger partial charge in [-0.05, 0) is 41.8 Å². The van der Waals surface area contributed by atoms with Crippen LogP contribution in [-0.2, 0) is 17.8 Å². The molecule has 7 heteroatoms. The van der Waals surface area contributed by atoms with E-state index in [0.717, 1.165) is 17.5 Å². The van der Waals surface area contributed by atoms with Crippen LogP contribution in [0.2, 0.25) is 5.02 Å². The van der Waals surface area contributed by atoms with Crippen molar-refractivity contribution in [2.75, 3.05) is 12.3 Å². The number of amides is 1. The maximum atomic E-state index is 13.2. The van der Waals surface area contributed by atoms with Gasteiger partial charge in [-0.3, -0.25) is 14.2 Å². The summed E-state index contributed by atoms with van der Waals surface area (Å²) in [7, 11) is 0. The van der Waals surface area contributed by atoms with E-state index in [4.69, 9.17) is 11.6 Å². The normalized spacial score (nSPS) is 10.9. The van der Waals surface area contributed by atoms with Gasteiger partial charge in [-0.15, -0.1) is 0 Å². The molecule has 0 bridgehead atoms. The monoisotopic (exact) mass is 463 g/mol. The average Bonchev–Trinajstić information content (AvgIpc) is 2.82. The summed E-state index contributed by atoms with van der Waals surface area (Å²) in [5.74, 6) is 0.0813. The molecule has 1 aromatic heterocycles. The lowest BCUT2D eigenvalue weighted by Gasteiger charge is -2.13. The maximum absolute atomic E-state index is 13.2. The largest absolute Gasteiger partial charge is 0.355 e. The molecule has 1 heterocycles. The fraction of sp³-hybridized carbons (Fsp3) is 0.160. The smallest absolute Gasteiger partial charge is 0.262 e. The van der Waals surface area contributed by atoms with Crippen LogP contribution in [0.3, 0.4) is 0 Å². The number of nitrogens with one attached hydrogen (secondary N) is 1. The van der Waals surface area contributed by atoms with Crippen molar-refractivity contribution in [1.29, 1.82) is 0 Å². The van der Waals surface area contributed by atoms with E-state index in [1.165, 1.54) is 11.8 Å². The average molecular weight is 464 g/mol. The van der Waals surface area contributed by atoms with E-state index in [1.54, 1.807) is 10.6 Å². The molecule has 4 aromatic rings. The van der Waals surface area contributed by atoms with Crippen molar-refractivity contribution in [2.24, 2.45) is 0 Å². The molecule has 0 aliphatic heterocycles. The lowest BCUT2D eigenvalue weighted by Crippen LogP contribution is -2.28. The molecule has 1 amide bonds. The zero-order chi connectivity index (χ0) is 22.3. The summed E-state index contributed by atoms with van der Waals surface area (Å²) in [6, 6.07) is 24.6. The fourth-order valence-corrected chi connectivity index (χ4v) is 4.30. The number of nitrogens with zero attached hydrogens (tertiary/aromatic N) is 2. The number of rotatable bonds is 8. The predicted octanol–water partition coefficient (Wildman–Crippen LogP) is 4.55. The Bertz CT molecular complexity index is 1270. The van der Waals surface area contributed by atoms with Crippen LogP contribution >= 0.6 is 23.4 Å². The lowest BCUT2D eigenvalue weighted by molar-refractivity contribution is -0.118. The molecule has 0 aliphatic carbocycles. The second kappa shape index (κ2) is 10.5. The van der Waals surface area contributed by atoms with E-state index < -0.39 is 0 Å². The molecule has 162 valence electrons. The molecular weight excluding hydrogens is 442 g/mol. The van der Waals surface area contributed by atoms with Gasteiger partial charge < -0.3 is 5.32 Å². The Morgan fingerprint density at radius 3 is 2.44 bits per heavy atom. The number of benzene rings is 3. The Morgan fingerprint density at radius 1 is 0.938 bits per heavy atom. The van der Waals surface area contributed by atoms with Gasteiger partial charge >= 0.3 is 0 Å². The SMILES string of the molecule is O=C(CSc1nc2ccccc2c(=O)n1Cc1ccccc1)NCCc1ccc(Cl)cc1. The summed E-state index contributed by atoms with van der Waals surface area (Å²) in [5, 5.41) is 4.72. The van der Waals surface area contributed by atoms with Gasteiger partial charge in [0.1, 0.15) is 0 Å². The molecule has 0 spiro atoms. The van der Waals surface area contributed by atoms with Crippen molar-refractivity contribution < 1.29 is 4.79 Å². The van der Waals surface area contributed by atoms with Crippen molar-refractivity contribution in [1.82, 2.24) is 14.9 Å². The first-order valence-corrected chi connectivity index (χ1v) is 11.6. The van der Waals surface area contributed by atoms with E-state index in [1.807, 2.05) is 72.8 Å². The van der Waals surface area contributed by atoms with Crippen molar-refractivity contribution in [3.8, 4) is 0 Å². The minimum Gasteiger partial charge on any atom is -0.355 e. The first kappa shape index (κ1) is 22.1. The van der Waals surface area contributed by atoms with Gasteiger partial charge in [-0.2, -0.15) is 0 Å². The van der Waals surface area contributed by atoms with Crippen LogP contribution < -0.4 is 10.9 Å². The topological polar surface area (TPSA) is 64.0 Å². The lowest BCUT2D eigenvalue weighted by atomic mass is 10.1. The molecule has 0 aliphatic rings. The summed E-state index contributed by atoms with van der Waals surface area (Å²) in [5.41, 5.74) is 2.63. The number of hydrogen-bond donors (Lipinski definition) is 1. The van der Waals surface area contributed by atoms with E-state index in [-0.39, 0.29) is 17.2 Å². The molecule has 32 heavy (non-hydrogen) atoms. The highest BCUT2D eigenvalue weighted by atomic mass is 35.5. The van der Waals surface area contributed by atoms with Crippen LogP contribution in [0.4, 0.5) is 0 Å². The fourth-order valence-electron chi connectivity index (χ4n) is 3.34. The second-order valence-electron chi connectivity index (χ2n) is 7.30. The Balaban J connectivity index is 1.46. The minimum atomic E-state index is -0.106. The number of aromatic nitrogens is 2. The number of carbonyl (C=O) groups excluding carboxylic acids is 1. The van der Waals surface area contributed by atoms with Gasteiger partial charge in [0, 0.05) is 11.6 Å². The van der Waals surface area contributed by atoms with Crippen LogP contribution in [-0.4, -0.2) is 27.8 Å². The number of thioether (sulfide) groups is 1. The van der Waals surface area contributed by atoms with E-state index in [9.17, 15) is 9.59 Å². The highest BCUT2D eigenvalue weighted by molar-refractivity contribution is 7.99. The third kappa shape index (κ3) is 5.58. The maximum Gasteiger partial charge on any atom is 0.262 e. The molecule has 3 aromatic carbocycles. The van der Waals surface area contributed by atoms with Gasteiger partial charge in [0.05, 0.1) is 23.2 Å². The second-order valence-corrected chi connectivity index (χ2v) is 8.68. The summed E-state index contributed by atoms with van der Waals surface area (Å²) in [6.45, 7) is 0.932. The molecule has 0 atom stereocenters. The summed E-state index contributed by atoms with van der Waals surface area (Å²) >= 11 is 7.18. The number of halogens is 1. The molecule has 4 rings (SSSR count). The van der Waals surface area contributed by atoms with Crippen LogP contribution in [0.15, 0.2) is 88.8 Å². The van der Waals surface area contributed by atoms with Gasteiger partial charge in [0.2, 0.25) is 5.91 Å². The van der Waals surface area contributed by atoms with Crippen molar-refractivity contribution in [3.05, 3.63) is 105 Å². The molecule has 1 N–H and O–H groups in total. The van der Waals surface area contributed by atoms with E-state index in [2.05, 4.69) is 10.3 Å². The third-order valence-electron chi connectivity index (χ3n) is 4.99. The zero-order valence-corrected chi connectivity index (χ0v) is 18.9. The summed E-state index contributed by atoms with van der Waals surface area (Å²) in [4.78, 5) is 30.2. The van der Waals surface area contributed by atoms with Gasteiger partial charge in [-0.1, -0.05) is 78.0 Å². The van der Waals surface area contributed by atoms with Crippen molar-refractivity contribution in [3.63, 3.8) is 0 Å². The Hall–Kier alpha value is -3.09. The molecule has 0 unspecified atom stereocenters. The summed E-state index contributed by atoms with van der Waals surface area (Å²) in [6.07, 6.45) is 0.723. The Labute approximate surface area is 195 Å². The van der Waals surface area contributed by atoms with Crippen LogP contribution in [0, 0.1) is 0 Å². The molecular formula is C25H22ClN3O2S. The molecule has 0 saturated heterocycles. The standard InChI is InChI=1S/C25H22ClN3O2S/c26-20-12-10-18(11-13-20)14-15-27-23(30)17-32-25-28-22-9-5-4-8-21(22)24(31)29(25)16-19-6-2-1-3-7-19/h1-13H,14-17H2,(H,27,30). The first-order valence-electron chi connectivity index (χ1n) is 10.3. The van der Waals surface area contributed by atoms with Gasteiger partial charge in [-0.25, -0.2) is 4.98 Å². The summed E-state index contributed by atoms with van der Waals surface area (Å²) < 4.78 is 1.64. The third-order valence-corrected chi connectivity index (χ3v) is 6.22. The van der Waals surface area contributed by atoms with Crippen LogP contribution in [0.25, 0.3) is 10.9 Å². The first-order chi connectivity index (χ1) is 15.6. The number of fused-ring (bicyclic) bond motifs is 1.